The van der Waals surface area contributed by atoms with Gasteiger partial charge >= 0.3 is 6.03 Å². The summed E-state index contributed by atoms with van der Waals surface area (Å²) in [7, 11) is 1.42. The van der Waals surface area contributed by atoms with Crippen LogP contribution in [0.2, 0.25) is 0 Å². The summed E-state index contributed by atoms with van der Waals surface area (Å²) in [6.07, 6.45) is 0. The molecule has 1 aromatic heterocycles. The molecule has 1 aromatic carbocycles. The minimum absolute atomic E-state index is 0.256. The summed E-state index contributed by atoms with van der Waals surface area (Å²) in [5.74, 6) is 0.922. The monoisotopic (exact) mass is 290 g/mol. The number of aryl methyl sites for hydroxylation is 1. The standard InChI is InChI=1S/C13H14N4O4/c1-8-15-12(17-21-8)9-3-5-10(6-4-9)20-7-11(18)16-13(19)14-2/h3-6H,7H2,1-2H3,(H2,14,16,18,19). The molecule has 2 aromatic rings. The highest BCUT2D eigenvalue weighted by atomic mass is 16.5. The molecule has 0 aliphatic rings. The predicted octanol–water partition coefficient (Wildman–Crippen LogP) is 0.879. The molecular formula is C13H14N4O4. The van der Waals surface area contributed by atoms with Crippen molar-refractivity contribution in [2.24, 2.45) is 0 Å². The van der Waals surface area contributed by atoms with Crippen molar-refractivity contribution in [1.29, 1.82) is 0 Å². The molecule has 8 heteroatoms. The number of urea groups is 1. The minimum Gasteiger partial charge on any atom is -0.484 e. The van der Waals surface area contributed by atoms with Crippen LogP contribution < -0.4 is 15.4 Å². The van der Waals surface area contributed by atoms with Gasteiger partial charge in [0.15, 0.2) is 6.61 Å². The molecule has 0 atom stereocenters. The average molecular weight is 290 g/mol. The summed E-state index contributed by atoms with van der Waals surface area (Å²) in [6.45, 7) is 1.45. The lowest BCUT2D eigenvalue weighted by Gasteiger charge is -2.06. The molecule has 0 radical (unpaired) electrons. The van der Waals surface area contributed by atoms with Crippen LogP contribution in [-0.4, -0.2) is 35.7 Å². The van der Waals surface area contributed by atoms with E-state index in [4.69, 9.17) is 9.26 Å². The molecule has 8 nitrogen and oxygen atoms in total. The molecule has 0 bridgehead atoms. The van der Waals surface area contributed by atoms with Gasteiger partial charge in [-0.15, -0.1) is 0 Å². The predicted molar refractivity (Wildman–Crippen MR) is 72.6 cm³/mol. The first-order valence-corrected chi connectivity index (χ1v) is 6.13. The molecule has 0 saturated heterocycles. The summed E-state index contributed by atoms with van der Waals surface area (Å²) in [5.41, 5.74) is 0.772. The van der Waals surface area contributed by atoms with Crippen LogP contribution in [0.1, 0.15) is 5.89 Å². The molecule has 0 unspecified atom stereocenters. The number of rotatable bonds is 4. The zero-order chi connectivity index (χ0) is 15.2. The van der Waals surface area contributed by atoms with Gasteiger partial charge in [0, 0.05) is 19.5 Å². The fourth-order valence-electron chi connectivity index (χ4n) is 1.49. The van der Waals surface area contributed by atoms with Gasteiger partial charge in [0.2, 0.25) is 11.7 Å². The number of hydrogen-bond donors (Lipinski definition) is 2. The molecule has 1 heterocycles. The fourth-order valence-corrected chi connectivity index (χ4v) is 1.49. The van der Waals surface area contributed by atoms with Crippen LogP contribution in [0.5, 0.6) is 5.75 Å². The molecule has 3 amide bonds. The molecule has 2 rings (SSSR count). The van der Waals surface area contributed by atoms with Gasteiger partial charge in [-0.25, -0.2) is 4.79 Å². The van der Waals surface area contributed by atoms with Crippen LogP contribution in [0.25, 0.3) is 11.4 Å². The van der Waals surface area contributed by atoms with Crippen LogP contribution in [0.15, 0.2) is 28.8 Å². The quantitative estimate of drug-likeness (QED) is 0.865. The number of aromatic nitrogens is 2. The normalized spacial score (nSPS) is 10.0. The Kier molecular flexibility index (Phi) is 4.50. The van der Waals surface area contributed by atoms with E-state index in [2.05, 4.69) is 20.8 Å². The molecule has 2 N–H and O–H groups in total. The molecule has 0 aliphatic heterocycles. The summed E-state index contributed by atoms with van der Waals surface area (Å²) in [5, 5.41) is 8.16. The van der Waals surface area contributed by atoms with Crippen LogP contribution in [0, 0.1) is 6.92 Å². The van der Waals surface area contributed by atoms with Crippen molar-refractivity contribution >= 4 is 11.9 Å². The number of hydrogen-bond acceptors (Lipinski definition) is 6. The molecule has 110 valence electrons. The van der Waals surface area contributed by atoms with Crippen LogP contribution >= 0.6 is 0 Å². The highest BCUT2D eigenvalue weighted by Crippen LogP contribution is 2.19. The van der Waals surface area contributed by atoms with Gasteiger partial charge < -0.3 is 14.6 Å². The van der Waals surface area contributed by atoms with Crippen LogP contribution in [0.3, 0.4) is 0 Å². The maximum atomic E-state index is 11.3. The molecule has 21 heavy (non-hydrogen) atoms. The summed E-state index contributed by atoms with van der Waals surface area (Å²) in [6, 6.07) is 6.26. The van der Waals surface area contributed by atoms with E-state index in [1.807, 2.05) is 0 Å². The second-order valence-corrected chi connectivity index (χ2v) is 4.08. The Bertz CT molecular complexity index is 636. The Morgan fingerprint density at radius 2 is 2.00 bits per heavy atom. The van der Waals surface area contributed by atoms with Gasteiger partial charge in [0.1, 0.15) is 5.75 Å². The third-order valence-electron chi connectivity index (χ3n) is 2.49. The van der Waals surface area contributed by atoms with Crippen molar-refractivity contribution in [2.45, 2.75) is 6.92 Å². The second-order valence-electron chi connectivity index (χ2n) is 4.08. The number of imide groups is 1. The number of carbonyl (C=O) groups is 2. The van der Waals surface area contributed by atoms with Gasteiger partial charge in [0.25, 0.3) is 5.91 Å². The molecule has 0 aliphatic carbocycles. The zero-order valence-corrected chi connectivity index (χ0v) is 11.5. The van der Waals surface area contributed by atoms with E-state index < -0.39 is 11.9 Å². The van der Waals surface area contributed by atoms with Crippen LogP contribution in [0.4, 0.5) is 4.79 Å². The Hall–Kier alpha value is -2.90. The third-order valence-corrected chi connectivity index (χ3v) is 2.49. The first kappa shape index (κ1) is 14.5. The average Bonchev–Trinajstić information content (AvgIpc) is 2.92. The Morgan fingerprint density at radius 3 is 2.57 bits per heavy atom. The number of benzene rings is 1. The topological polar surface area (TPSA) is 106 Å². The number of ether oxygens (including phenoxy) is 1. The maximum Gasteiger partial charge on any atom is 0.321 e. The van der Waals surface area contributed by atoms with E-state index >= 15 is 0 Å². The lowest BCUT2D eigenvalue weighted by atomic mass is 10.2. The second kappa shape index (κ2) is 6.51. The maximum absolute atomic E-state index is 11.3. The van der Waals surface area contributed by atoms with Gasteiger partial charge in [-0.2, -0.15) is 4.98 Å². The Morgan fingerprint density at radius 1 is 1.29 bits per heavy atom. The van der Waals surface area contributed by atoms with Crippen molar-refractivity contribution < 1.29 is 18.8 Å². The smallest absolute Gasteiger partial charge is 0.321 e. The highest BCUT2D eigenvalue weighted by molar-refractivity contribution is 5.94. The van der Waals surface area contributed by atoms with Gasteiger partial charge in [-0.1, -0.05) is 5.16 Å². The van der Waals surface area contributed by atoms with Gasteiger partial charge in [-0.3, -0.25) is 10.1 Å². The molecular weight excluding hydrogens is 276 g/mol. The largest absolute Gasteiger partial charge is 0.484 e. The van der Waals surface area contributed by atoms with E-state index in [1.54, 1.807) is 31.2 Å². The third kappa shape index (κ3) is 4.03. The number of carbonyl (C=O) groups excluding carboxylic acids is 2. The summed E-state index contributed by atoms with van der Waals surface area (Å²) in [4.78, 5) is 26.4. The fraction of sp³-hybridized carbons (Fsp3) is 0.231. The molecule has 0 saturated carbocycles. The zero-order valence-electron chi connectivity index (χ0n) is 11.5. The van der Waals surface area contributed by atoms with Crippen molar-refractivity contribution in [3.05, 3.63) is 30.2 Å². The minimum atomic E-state index is -0.577. The van der Waals surface area contributed by atoms with E-state index in [9.17, 15) is 9.59 Å². The van der Waals surface area contributed by atoms with E-state index in [0.717, 1.165) is 5.56 Å². The lowest BCUT2D eigenvalue weighted by molar-refractivity contribution is -0.122. The number of amides is 3. The first-order chi connectivity index (χ1) is 10.1. The summed E-state index contributed by atoms with van der Waals surface area (Å²) < 4.78 is 10.1. The molecule has 0 spiro atoms. The van der Waals surface area contributed by atoms with E-state index in [0.29, 0.717) is 17.5 Å². The highest BCUT2D eigenvalue weighted by Gasteiger charge is 2.08. The van der Waals surface area contributed by atoms with Crippen molar-refractivity contribution in [3.8, 4) is 17.1 Å². The van der Waals surface area contributed by atoms with Crippen LogP contribution in [-0.2, 0) is 4.79 Å². The molecule has 0 fully saturated rings. The summed E-state index contributed by atoms with van der Waals surface area (Å²) >= 11 is 0. The first-order valence-electron chi connectivity index (χ1n) is 6.13. The Labute approximate surface area is 120 Å². The van der Waals surface area contributed by atoms with Gasteiger partial charge in [-0.05, 0) is 24.3 Å². The van der Waals surface area contributed by atoms with Crippen molar-refractivity contribution in [1.82, 2.24) is 20.8 Å². The van der Waals surface area contributed by atoms with Crippen molar-refractivity contribution in [2.75, 3.05) is 13.7 Å². The lowest BCUT2D eigenvalue weighted by Crippen LogP contribution is -2.39. The SMILES string of the molecule is CNC(=O)NC(=O)COc1ccc(-c2noc(C)n2)cc1. The Balaban J connectivity index is 1.91. The van der Waals surface area contributed by atoms with E-state index in [1.165, 1.54) is 7.05 Å². The van der Waals surface area contributed by atoms with Crippen molar-refractivity contribution in [3.63, 3.8) is 0 Å². The number of nitrogens with zero attached hydrogens (tertiary/aromatic N) is 2. The van der Waals surface area contributed by atoms with Gasteiger partial charge in [0.05, 0.1) is 0 Å². The van der Waals surface area contributed by atoms with E-state index in [-0.39, 0.29) is 6.61 Å². The number of nitrogens with one attached hydrogen (secondary N) is 2.